The molecule has 0 aliphatic carbocycles. The van der Waals surface area contributed by atoms with E-state index in [1.54, 1.807) is 0 Å². The second kappa shape index (κ2) is 7.12. The van der Waals surface area contributed by atoms with Gasteiger partial charge in [0, 0.05) is 18.2 Å². The van der Waals surface area contributed by atoms with Crippen molar-refractivity contribution in [3.8, 4) is 0 Å². The summed E-state index contributed by atoms with van der Waals surface area (Å²) in [7, 11) is 0. The van der Waals surface area contributed by atoms with E-state index in [4.69, 9.17) is 0 Å². The molecule has 1 heterocycles. The van der Waals surface area contributed by atoms with Crippen molar-refractivity contribution >= 4 is 11.6 Å². The minimum atomic E-state index is -0.939. The number of hydrogen-bond acceptors (Lipinski definition) is 4. The Labute approximate surface area is 122 Å². The molecule has 6 nitrogen and oxygen atoms in total. The summed E-state index contributed by atoms with van der Waals surface area (Å²) in [6.45, 7) is 3.65. The molecule has 0 unspecified atom stereocenters. The Morgan fingerprint density at radius 2 is 2.10 bits per heavy atom. The molecular formula is C14H18FN3O3. The van der Waals surface area contributed by atoms with E-state index < -0.39 is 22.3 Å². The largest absolute Gasteiger partial charge is 0.352 e. The van der Waals surface area contributed by atoms with Gasteiger partial charge in [-0.15, -0.1) is 0 Å². The van der Waals surface area contributed by atoms with Gasteiger partial charge in [0.25, 0.3) is 5.91 Å². The smallest absolute Gasteiger partial charge is 0.305 e. The van der Waals surface area contributed by atoms with Crippen molar-refractivity contribution in [3.05, 3.63) is 39.7 Å². The van der Waals surface area contributed by atoms with Crippen molar-refractivity contribution in [1.82, 2.24) is 10.2 Å². The van der Waals surface area contributed by atoms with Gasteiger partial charge in [-0.1, -0.05) is 0 Å². The van der Waals surface area contributed by atoms with Gasteiger partial charge in [-0.25, -0.2) is 0 Å². The highest BCUT2D eigenvalue weighted by Crippen LogP contribution is 2.18. The summed E-state index contributed by atoms with van der Waals surface area (Å²) >= 11 is 0. The number of nitrogens with one attached hydrogen (secondary N) is 1. The van der Waals surface area contributed by atoms with Crippen LogP contribution in [0.25, 0.3) is 0 Å². The van der Waals surface area contributed by atoms with Crippen LogP contribution in [0.1, 0.15) is 29.6 Å². The number of hydrogen-bond donors (Lipinski definition) is 1. The fraction of sp³-hybridized carbons (Fsp3) is 0.500. The second-order valence-corrected chi connectivity index (χ2v) is 5.08. The number of halogens is 1. The maximum atomic E-state index is 13.2. The van der Waals surface area contributed by atoms with Crippen LogP contribution in [0.4, 0.5) is 10.1 Å². The highest BCUT2D eigenvalue weighted by Gasteiger charge is 2.17. The third-order valence-electron chi connectivity index (χ3n) is 3.54. The van der Waals surface area contributed by atoms with Crippen molar-refractivity contribution in [1.29, 1.82) is 0 Å². The third kappa shape index (κ3) is 4.22. The fourth-order valence-corrected chi connectivity index (χ4v) is 2.41. The Morgan fingerprint density at radius 1 is 1.38 bits per heavy atom. The number of nitrogens with zero attached hydrogens (tertiary/aromatic N) is 2. The summed E-state index contributed by atoms with van der Waals surface area (Å²) in [5.74, 6) is -1.36. The summed E-state index contributed by atoms with van der Waals surface area (Å²) in [5.41, 5.74) is -0.580. The summed E-state index contributed by atoms with van der Waals surface area (Å²) in [6, 6.07) is 3.15. The van der Waals surface area contributed by atoms with E-state index in [1.165, 1.54) is 18.9 Å². The lowest BCUT2D eigenvalue weighted by Crippen LogP contribution is -2.28. The molecule has 1 aromatic rings. The van der Waals surface area contributed by atoms with Gasteiger partial charge in [0.15, 0.2) is 0 Å². The number of carbonyl (C=O) groups excluding carboxylic acids is 1. The lowest BCUT2D eigenvalue weighted by Gasteiger charge is -2.14. The lowest BCUT2D eigenvalue weighted by molar-refractivity contribution is -0.387. The molecule has 1 aliphatic heterocycles. The highest BCUT2D eigenvalue weighted by atomic mass is 19.1. The second-order valence-electron chi connectivity index (χ2n) is 5.08. The standard InChI is InChI=1S/C14H18FN3O3/c15-12-5-4-11(10-13(12)18(20)21)14(19)16-6-3-9-17-7-1-2-8-17/h4-5,10H,1-3,6-9H2,(H,16,19). The summed E-state index contributed by atoms with van der Waals surface area (Å²) in [5, 5.41) is 13.3. The van der Waals surface area contributed by atoms with Crippen molar-refractivity contribution in [2.75, 3.05) is 26.2 Å². The van der Waals surface area contributed by atoms with Crippen molar-refractivity contribution in [2.24, 2.45) is 0 Å². The van der Waals surface area contributed by atoms with Crippen LogP contribution in [0.15, 0.2) is 18.2 Å². The van der Waals surface area contributed by atoms with Gasteiger partial charge in [-0.05, 0) is 51.0 Å². The Balaban J connectivity index is 1.82. The van der Waals surface area contributed by atoms with E-state index >= 15 is 0 Å². The minimum absolute atomic E-state index is 0.101. The molecule has 0 aromatic heterocycles. The number of benzene rings is 1. The number of likely N-dealkylation sites (tertiary alicyclic amines) is 1. The number of nitro benzene ring substituents is 1. The normalized spacial score (nSPS) is 15.1. The lowest BCUT2D eigenvalue weighted by atomic mass is 10.2. The van der Waals surface area contributed by atoms with Crippen LogP contribution in [0.5, 0.6) is 0 Å². The van der Waals surface area contributed by atoms with E-state index in [-0.39, 0.29) is 5.56 Å². The molecule has 0 atom stereocenters. The molecule has 2 rings (SSSR count). The van der Waals surface area contributed by atoms with Gasteiger partial charge in [0.1, 0.15) is 0 Å². The first kappa shape index (κ1) is 15.4. The Kier molecular flexibility index (Phi) is 5.21. The molecule has 1 amide bonds. The first-order valence-corrected chi connectivity index (χ1v) is 7.02. The molecule has 1 aromatic carbocycles. The van der Waals surface area contributed by atoms with Gasteiger partial charge >= 0.3 is 5.69 Å². The summed E-state index contributed by atoms with van der Waals surface area (Å²) < 4.78 is 13.2. The van der Waals surface area contributed by atoms with Gasteiger partial charge in [-0.2, -0.15) is 4.39 Å². The molecule has 1 N–H and O–H groups in total. The van der Waals surface area contributed by atoms with E-state index in [0.717, 1.165) is 38.2 Å². The molecule has 7 heteroatoms. The van der Waals surface area contributed by atoms with Crippen LogP contribution < -0.4 is 5.32 Å². The predicted octanol–water partition coefficient (Wildman–Crippen LogP) is 1.95. The monoisotopic (exact) mass is 295 g/mol. The maximum absolute atomic E-state index is 13.2. The van der Waals surface area contributed by atoms with Crippen LogP contribution in [-0.4, -0.2) is 41.9 Å². The molecule has 0 radical (unpaired) electrons. The Morgan fingerprint density at radius 3 is 2.76 bits per heavy atom. The molecule has 1 saturated heterocycles. The molecule has 0 spiro atoms. The third-order valence-corrected chi connectivity index (χ3v) is 3.54. The zero-order valence-corrected chi connectivity index (χ0v) is 11.7. The molecule has 21 heavy (non-hydrogen) atoms. The van der Waals surface area contributed by atoms with Crippen molar-refractivity contribution in [3.63, 3.8) is 0 Å². The molecule has 1 fully saturated rings. The quantitative estimate of drug-likeness (QED) is 0.494. The first-order valence-electron chi connectivity index (χ1n) is 7.02. The van der Waals surface area contributed by atoms with Crippen LogP contribution >= 0.6 is 0 Å². The Bertz CT molecular complexity index is 530. The number of carbonyl (C=O) groups is 1. The summed E-state index contributed by atoms with van der Waals surface area (Å²) in [6.07, 6.45) is 3.28. The van der Waals surface area contributed by atoms with Gasteiger partial charge in [0.05, 0.1) is 4.92 Å². The average molecular weight is 295 g/mol. The molecule has 114 valence electrons. The van der Waals surface area contributed by atoms with Crippen molar-refractivity contribution in [2.45, 2.75) is 19.3 Å². The van der Waals surface area contributed by atoms with E-state index in [9.17, 15) is 19.3 Å². The SMILES string of the molecule is O=C(NCCCN1CCCC1)c1ccc(F)c([N+](=O)[O-])c1. The van der Waals surface area contributed by atoms with Crippen LogP contribution in [-0.2, 0) is 0 Å². The van der Waals surface area contributed by atoms with Gasteiger partial charge in [0.2, 0.25) is 5.82 Å². The first-order chi connectivity index (χ1) is 10.1. The van der Waals surface area contributed by atoms with Crippen LogP contribution in [0.3, 0.4) is 0 Å². The number of rotatable bonds is 6. The van der Waals surface area contributed by atoms with E-state index in [1.807, 2.05) is 0 Å². The zero-order chi connectivity index (χ0) is 15.2. The molecular weight excluding hydrogens is 277 g/mol. The molecule has 0 saturated carbocycles. The van der Waals surface area contributed by atoms with Crippen LogP contribution in [0, 0.1) is 15.9 Å². The molecule has 0 bridgehead atoms. The van der Waals surface area contributed by atoms with Gasteiger partial charge < -0.3 is 10.2 Å². The zero-order valence-electron chi connectivity index (χ0n) is 11.7. The van der Waals surface area contributed by atoms with E-state index in [0.29, 0.717) is 6.54 Å². The summed E-state index contributed by atoms with van der Waals surface area (Å²) in [4.78, 5) is 24.0. The van der Waals surface area contributed by atoms with Crippen LogP contribution in [0.2, 0.25) is 0 Å². The average Bonchev–Trinajstić information content (AvgIpc) is 2.96. The van der Waals surface area contributed by atoms with Crippen molar-refractivity contribution < 1.29 is 14.1 Å². The number of amides is 1. The predicted molar refractivity (Wildman–Crippen MR) is 75.7 cm³/mol. The highest BCUT2D eigenvalue weighted by molar-refractivity contribution is 5.94. The number of nitro groups is 1. The molecule has 1 aliphatic rings. The minimum Gasteiger partial charge on any atom is -0.352 e. The fourth-order valence-electron chi connectivity index (χ4n) is 2.41. The van der Waals surface area contributed by atoms with E-state index in [2.05, 4.69) is 10.2 Å². The Hall–Kier alpha value is -2.02. The topological polar surface area (TPSA) is 75.5 Å². The van der Waals surface area contributed by atoms with Gasteiger partial charge in [-0.3, -0.25) is 14.9 Å². The maximum Gasteiger partial charge on any atom is 0.305 e.